The van der Waals surface area contributed by atoms with E-state index in [4.69, 9.17) is 21.1 Å². The van der Waals surface area contributed by atoms with E-state index in [1.165, 1.54) is 46.2 Å². The second-order valence-electron chi connectivity index (χ2n) is 14.3. The molecule has 48 heavy (non-hydrogen) atoms. The molecule has 0 aromatic heterocycles. The summed E-state index contributed by atoms with van der Waals surface area (Å²) < 4.78 is 88.7. The number of piperidine rings is 2. The number of halogens is 2. The number of rotatable bonds is 7. The van der Waals surface area contributed by atoms with E-state index in [1.54, 1.807) is 41.5 Å². The van der Waals surface area contributed by atoms with Gasteiger partial charge in [-0.3, -0.25) is 0 Å². The number of alkyl halides is 1. The zero-order valence-electron chi connectivity index (χ0n) is 28.2. The molecule has 1 unspecified atom stereocenters. The summed E-state index contributed by atoms with van der Waals surface area (Å²) >= 11 is 6.41. The van der Waals surface area contributed by atoms with Crippen LogP contribution in [0.2, 0.25) is 5.02 Å². The van der Waals surface area contributed by atoms with E-state index in [0.717, 1.165) is 12.2 Å². The molecule has 0 bridgehead atoms. The molecule has 0 saturated carbocycles. The van der Waals surface area contributed by atoms with Gasteiger partial charge in [0.05, 0.1) is 0 Å². The van der Waals surface area contributed by atoms with Crippen molar-refractivity contribution in [2.45, 2.75) is 100 Å². The van der Waals surface area contributed by atoms with Crippen LogP contribution in [0, 0.1) is 0 Å². The molecule has 2 aliphatic heterocycles. The molecule has 3 aliphatic rings. The van der Waals surface area contributed by atoms with Crippen LogP contribution in [0.1, 0.15) is 72.8 Å². The molecule has 0 spiro atoms. The summed E-state index contributed by atoms with van der Waals surface area (Å²) in [6.45, 7) is 11.0. The molecular weight excluding hydrogens is 687 g/mol. The maximum Gasteiger partial charge on any atom is 0.410 e. The van der Waals surface area contributed by atoms with Crippen LogP contribution in [0.15, 0.2) is 48.6 Å². The lowest BCUT2D eigenvalue weighted by Gasteiger charge is -2.44. The van der Waals surface area contributed by atoms with Gasteiger partial charge in [0.15, 0.2) is 5.67 Å². The van der Waals surface area contributed by atoms with Crippen molar-refractivity contribution >= 4 is 43.8 Å². The molecule has 16 heteroatoms. The Hall–Kier alpha value is -2.72. The first-order valence-electron chi connectivity index (χ1n) is 15.9. The molecule has 2 N–H and O–H groups in total. The molecule has 1 aliphatic carbocycles. The van der Waals surface area contributed by atoms with E-state index in [1.807, 2.05) is 0 Å². The number of sulfonamides is 2. The zero-order chi connectivity index (χ0) is 35.8. The molecule has 2 amide bonds. The molecular formula is C32H46ClFN4O8S2. The Kier molecular flexibility index (Phi) is 11.0. The molecule has 12 nitrogen and oxygen atoms in total. The van der Waals surface area contributed by atoms with Gasteiger partial charge in [0.2, 0.25) is 20.0 Å². The van der Waals surface area contributed by atoms with Gasteiger partial charge in [-0.15, -0.1) is 0 Å². The third kappa shape index (κ3) is 8.01. The van der Waals surface area contributed by atoms with Gasteiger partial charge in [-0.1, -0.05) is 42.0 Å². The molecule has 0 radical (unpaired) electrons. The number of carbonyl (C=O) groups excluding carboxylic acids is 2. The van der Waals surface area contributed by atoms with Crippen LogP contribution < -0.4 is 9.44 Å². The minimum Gasteiger partial charge on any atom is -0.444 e. The minimum atomic E-state index is -5.13. The van der Waals surface area contributed by atoms with Crippen LogP contribution in [0.25, 0.3) is 0 Å². The number of likely N-dealkylation sites (tertiary alicyclic amines) is 2. The van der Waals surface area contributed by atoms with Crippen LogP contribution in [0.4, 0.5) is 14.0 Å². The van der Waals surface area contributed by atoms with Crippen molar-refractivity contribution in [3.8, 4) is 0 Å². The number of allylic oxidation sites excluding steroid dienone is 3. The number of benzene rings is 1. The van der Waals surface area contributed by atoms with Crippen molar-refractivity contribution < 1.29 is 40.3 Å². The second-order valence-corrected chi connectivity index (χ2v) is 18.7. The second kappa shape index (κ2) is 13.9. The van der Waals surface area contributed by atoms with Gasteiger partial charge in [-0.2, -0.15) is 0 Å². The van der Waals surface area contributed by atoms with Crippen LogP contribution in [0.5, 0.6) is 0 Å². The molecule has 2 fully saturated rings. The molecule has 1 aromatic rings. The summed E-state index contributed by atoms with van der Waals surface area (Å²) in [5.41, 5.74) is -4.96. The number of nitrogens with zero attached hydrogens (tertiary/aromatic N) is 2. The van der Waals surface area contributed by atoms with E-state index in [-0.39, 0.29) is 62.4 Å². The van der Waals surface area contributed by atoms with Crippen molar-refractivity contribution in [3.63, 3.8) is 0 Å². The van der Waals surface area contributed by atoms with Crippen molar-refractivity contribution in [2.75, 3.05) is 26.2 Å². The third-order valence-corrected chi connectivity index (χ3v) is 13.7. The van der Waals surface area contributed by atoms with Crippen molar-refractivity contribution in [3.05, 3.63) is 59.2 Å². The first-order valence-corrected chi connectivity index (χ1v) is 19.3. The Morgan fingerprint density at radius 2 is 1.17 bits per heavy atom. The Morgan fingerprint density at radius 1 is 0.771 bits per heavy atom. The average molecular weight is 733 g/mol. The highest BCUT2D eigenvalue weighted by Crippen LogP contribution is 2.51. The SMILES string of the molecule is CC(C)(C)OC(=O)N1CCC(NS(=O)(=O)C2(S(=O)(=O)NC3CCN(C(=O)OC(C)(C)C)CC3)C=CC=CC2(F)c2ccccc2Cl)CC1. The van der Waals surface area contributed by atoms with E-state index in [9.17, 15) is 26.4 Å². The summed E-state index contributed by atoms with van der Waals surface area (Å²) in [5.74, 6) is 0. The van der Waals surface area contributed by atoms with Gasteiger partial charge in [0, 0.05) is 48.8 Å². The Labute approximate surface area is 288 Å². The fourth-order valence-electron chi connectivity index (χ4n) is 5.98. The lowest BCUT2D eigenvalue weighted by molar-refractivity contribution is 0.0193. The maximum absolute atomic E-state index is 17.8. The van der Waals surface area contributed by atoms with E-state index in [2.05, 4.69) is 9.44 Å². The van der Waals surface area contributed by atoms with Crippen molar-refractivity contribution in [1.82, 2.24) is 19.2 Å². The number of nitrogens with one attached hydrogen (secondary N) is 2. The molecule has 4 rings (SSSR count). The standard InChI is InChI=1S/C32H46ClFN4O8S2/c1-29(2,3)45-27(39)37-19-13-23(14-20-37)35-47(41,42)32(18-10-9-17-31(32,34)25-11-7-8-12-26(25)33)48(43,44)36-24-15-21-38(22-16-24)28(40)46-30(4,5)6/h7-12,17-18,23-24,35-36H,13-16,19-22H2,1-6H3. The molecule has 2 heterocycles. The first kappa shape index (κ1) is 38.1. The molecule has 2 saturated heterocycles. The highest BCUT2D eigenvalue weighted by molar-refractivity contribution is 8.09. The number of amides is 2. The summed E-state index contributed by atoms with van der Waals surface area (Å²) in [6.07, 6.45) is 3.60. The van der Waals surface area contributed by atoms with Crippen LogP contribution in [0.3, 0.4) is 0 Å². The van der Waals surface area contributed by atoms with Crippen molar-refractivity contribution in [2.24, 2.45) is 0 Å². The van der Waals surface area contributed by atoms with Gasteiger partial charge >= 0.3 is 12.2 Å². The smallest absolute Gasteiger partial charge is 0.410 e. The third-order valence-electron chi connectivity index (χ3n) is 8.26. The fourth-order valence-corrected chi connectivity index (χ4v) is 11.1. The zero-order valence-corrected chi connectivity index (χ0v) is 30.6. The summed E-state index contributed by atoms with van der Waals surface area (Å²) in [7, 11) is -10.3. The summed E-state index contributed by atoms with van der Waals surface area (Å²) in [4.78, 5) is 28.1. The Morgan fingerprint density at radius 3 is 1.56 bits per heavy atom. The number of hydrogen-bond donors (Lipinski definition) is 2. The summed E-state index contributed by atoms with van der Waals surface area (Å²) in [5, 5.41) is -0.161. The van der Waals surface area contributed by atoms with E-state index < -0.39 is 65.3 Å². The predicted molar refractivity (Wildman–Crippen MR) is 181 cm³/mol. The van der Waals surface area contributed by atoms with Gasteiger partial charge in [-0.25, -0.2) is 40.3 Å². The van der Waals surface area contributed by atoms with Gasteiger partial charge in [-0.05, 0) is 85.4 Å². The monoisotopic (exact) mass is 732 g/mol. The van der Waals surface area contributed by atoms with Gasteiger partial charge in [0.1, 0.15) is 11.2 Å². The highest BCUT2D eigenvalue weighted by atomic mass is 35.5. The molecule has 1 atom stereocenters. The highest BCUT2D eigenvalue weighted by Gasteiger charge is 2.69. The number of ether oxygens (including phenoxy) is 2. The Bertz CT molecular complexity index is 1560. The largest absolute Gasteiger partial charge is 0.444 e. The van der Waals surface area contributed by atoms with Crippen LogP contribution >= 0.6 is 11.6 Å². The van der Waals surface area contributed by atoms with Gasteiger partial charge < -0.3 is 19.3 Å². The minimum absolute atomic E-state index is 0.135. The lowest BCUT2D eigenvalue weighted by atomic mass is 9.88. The fraction of sp³-hybridized carbons (Fsp3) is 0.625. The average Bonchev–Trinajstić information content (AvgIpc) is 2.96. The van der Waals surface area contributed by atoms with Crippen LogP contribution in [-0.4, -0.2) is 92.4 Å². The quantitative estimate of drug-likeness (QED) is 0.399. The van der Waals surface area contributed by atoms with E-state index in [0.29, 0.717) is 0 Å². The lowest BCUT2D eigenvalue weighted by Crippen LogP contribution is -2.67. The normalized spacial score (nSPS) is 22.8. The topological polar surface area (TPSA) is 151 Å². The maximum atomic E-state index is 17.8. The van der Waals surface area contributed by atoms with Crippen LogP contribution in [-0.2, 0) is 35.2 Å². The predicted octanol–water partition coefficient (Wildman–Crippen LogP) is 4.96. The van der Waals surface area contributed by atoms with E-state index >= 15 is 4.39 Å². The van der Waals surface area contributed by atoms with Crippen molar-refractivity contribution in [1.29, 1.82) is 0 Å². The number of carbonyl (C=O) groups is 2. The molecule has 268 valence electrons. The summed E-state index contributed by atoms with van der Waals surface area (Å²) in [6, 6.07) is 3.95. The van der Waals surface area contributed by atoms with Gasteiger partial charge in [0.25, 0.3) is 4.08 Å². The Balaban J connectivity index is 1.65. The number of hydrogen-bond acceptors (Lipinski definition) is 8. The first-order chi connectivity index (χ1) is 22.1. The molecule has 1 aromatic carbocycles.